The monoisotopic (exact) mass is 269 g/mol. The summed E-state index contributed by atoms with van der Waals surface area (Å²) >= 11 is 5.96. The van der Waals surface area contributed by atoms with Gasteiger partial charge in [0.2, 0.25) is 9.84 Å². The van der Waals surface area contributed by atoms with Crippen LogP contribution < -0.4 is 5.32 Å². The SMILES string of the molecule is O=S1(=O)C=C(CNC2CC2)c2cccc(Cl)c21. The van der Waals surface area contributed by atoms with Gasteiger partial charge in [0, 0.05) is 23.6 Å². The van der Waals surface area contributed by atoms with Gasteiger partial charge in [-0.1, -0.05) is 23.7 Å². The van der Waals surface area contributed by atoms with Crippen LogP contribution in [0.2, 0.25) is 5.02 Å². The number of fused-ring (bicyclic) bond motifs is 1. The highest BCUT2D eigenvalue weighted by Crippen LogP contribution is 2.37. The molecule has 1 saturated carbocycles. The second-order valence-corrected chi connectivity index (χ2v) is 6.60. The van der Waals surface area contributed by atoms with Crippen molar-refractivity contribution in [1.82, 2.24) is 5.32 Å². The molecule has 2 aliphatic rings. The maximum atomic E-state index is 12.0. The molecule has 0 radical (unpaired) electrons. The first-order valence-corrected chi connectivity index (χ1v) is 7.48. The molecule has 1 heterocycles. The van der Waals surface area contributed by atoms with Crippen molar-refractivity contribution in [3.8, 4) is 0 Å². The molecule has 0 unspecified atom stereocenters. The first-order valence-electron chi connectivity index (χ1n) is 5.56. The zero-order chi connectivity index (χ0) is 12.0. The number of benzene rings is 1. The Morgan fingerprint density at radius 1 is 1.35 bits per heavy atom. The minimum absolute atomic E-state index is 0.259. The van der Waals surface area contributed by atoms with Crippen molar-refractivity contribution in [1.29, 1.82) is 0 Å². The molecule has 1 N–H and O–H groups in total. The fraction of sp³-hybridized carbons (Fsp3) is 0.333. The lowest BCUT2D eigenvalue weighted by molar-refractivity contribution is 0.605. The highest BCUT2D eigenvalue weighted by molar-refractivity contribution is 7.95. The van der Waals surface area contributed by atoms with Gasteiger partial charge in [-0.3, -0.25) is 0 Å². The third-order valence-corrected chi connectivity index (χ3v) is 5.08. The molecule has 0 atom stereocenters. The van der Waals surface area contributed by atoms with E-state index in [2.05, 4.69) is 5.32 Å². The zero-order valence-corrected chi connectivity index (χ0v) is 10.7. The van der Waals surface area contributed by atoms with Crippen molar-refractivity contribution in [3.05, 3.63) is 34.2 Å². The predicted molar refractivity (Wildman–Crippen MR) is 67.6 cm³/mol. The first kappa shape index (κ1) is 11.3. The number of nitrogens with one attached hydrogen (secondary N) is 1. The Morgan fingerprint density at radius 3 is 2.82 bits per heavy atom. The quantitative estimate of drug-likeness (QED) is 0.915. The van der Waals surface area contributed by atoms with Crippen molar-refractivity contribution in [2.45, 2.75) is 23.8 Å². The van der Waals surface area contributed by atoms with Crippen molar-refractivity contribution >= 4 is 27.0 Å². The lowest BCUT2D eigenvalue weighted by Crippen LogP contribution is -2.18. The van der Waals surface area contributed by atoms with Crippen LogP contribution in [-0.4, -0.2) is 21.0 Å². The summed E-state index contributed by atoms with van der Waals surface area (Å²) in [7, 11) is -3.35. The van der Waals surface area contributed by atoms with E-state index in [9.17, 15) is 8.42 Å². The largest absolute Gasteiger partial charge is 0.310 e. The van der Waals surface area contributed by atoms with E-state index in [1.165, 1.54) is 18.2 Å². The molecule has 1 aliphatic heterocycles. The fourth-order valence-electron chi connectivity index (χ4n) is 2.04. The molecule has 0 bridgehead atoms. The molecule has 0 spiro atoms. The van der Waals surface area contributed by atoms with Gasteiger partial charge in [-0.15, -0.1) is 0 Å². The Bertz CT molecular complexity index is 603. The Labute approximate surface area is 105 Å². The van der Waals surface area contributed by atoms with E-state index in [1.807, 2.05) is 6.07 Å². The second kappa shape index (κ2) is 3.83. The summed E-state index contributed by atoms with van der Waals surface area (Å²) in [6, 6.07) is 5.77. The summed E-state index contributed by atoms with van der Waals surface area (Å²) in [5.74, 6) is 0. The van der Waals surface area contributed by atoms with Gasteiger partial charge in [0.25, 0.3) is 0 Å². The number of rotatable bonds is 3. The van der Waals surface area contributed by atoms with Gasteiger partial charge in [0.1, 0.15) is 0 Å². The van der Waals surface area contributed by atoms with E-state index in [0.717, 1.165) is 11.1 Å². The van der Waals surface area contributed by atoms with Crippen LogP contribution in [0.25, 0.3) is 5.57 Å². The maximum absolute atomic E-state index is 12.0. The molecule has 1 fully saturated rings. The number of hydrogen-bond acceptors (Lipinski definition) is 3. The van der Waals surface area contributed by atoms with E-state index in [0.29, 0.717) is 17.6 Å². The first-order chi connectivity index (χ1) is 8.08. The molecule has 5 heteroatoms. The molecule has 1 aromatic carbocycles. The van der Waals surface area contributed by atoms with Crippen LogP contribution in [0.4, 0.5) is 0 Å². The Balaban J connectivity index is 1.99. The van der Waals surface area contributed by atoms with Gasteiger partial charge in [0.05, 0.1) is 9.92 Å². The summed E-state index contributed by atoms with van der Waals surface area (Å²) in [5.41, 5.74) is 1.56. The molecule has 3 rings (SSSR count). The molecule has 0 aromatic heterocycles. The third kappa shape index (κ3) is 2.01. The average molecular weight is 270 g/mol. The molecule has 1 aromatic rings. The van der Waals surface area contributed by atoms with E-state index in [4.69, 9.17) is 11.6 Å². The Hall–Kier alpha value is -0.840. The maximum Gasteiger partial charge on any atom is 0.202 e. The predicted octanol–water partition coefficient (Wildman–Crippen LogP) is 2.22. The standard InChI is InChI=1S/C12H12ClNO2S/c13-11-3-1-2-10-8(6-14-9-4-5-9)7-17(15,16)12(10)11/h1-3,7,9,14H,4-6H2. The number of sulfone groups is 1. The van der Waals surface area contributed by atoms with Gasteiger partial charge in [-0.25, -0.2) is 8.42 Å². The minimum Gasteiger partial charge on any atom is -0.310 e. The van der Waals surface area contributed by atoms with E-state index >= 15 is 0 Å². The molecule has 0 saturated heterocycles. The minimum atomic E-state index is -3.35. The molecule has 17 heavy (non-hydrogen) atoms. The fourth-order valence-corrected chi connectivity index (χ4v) is 4.08. The van der Waals surface area contributed by atoms with E-state index in [-0.39, 0.29) is 4.90 Å². The van der Waals surface area contributed by atoms with Crippen molar-refractivity contribution in [2.75, 3.05) is 6.54 Å². The summed E-state index contributed by atoms with van der Waals surface area (Å²) < 4.78 is 23.9. The van der Waals surface area contributed by atoms with Gasteiger partial charge in [0.15, 0.2) is 0 Å². The molecular formula is C12H12ClNO2S. The smallest absolute Gasteiger partial charge is 0.202 e. The van der Waals surface area contributed by atoms with Gasteiger partial charge in [-0.2, -0.15) is 0 Å². The summed E-state index contributed by atoms with van der Waals surface area (Å²) in [6.45, 7) is 0.594. The Kier molecular flexibility index (Phi) is 2.54. The van der Waals surface area contributed by atoms with E-state index < -0.39 is 9.84 Å². The van der Waals surface area contributed by atoms with Crippen LogP contribution in [0.1, 0.15) is 18.4 Å². The molecular weight excluding hydrogens is 258 g/mol. The van der Waals surface area contributed by atoms with Gasteiger partial charge in [-0.05, 0) is 24.5 Å². The molecule has 1 aliphatic carbocycles. The molecule has 3 nitrogen and oxygen atoms in total. The van der Waals surface area contributed by atoms with Gasteiger partial charge >= 0.3 is 0 Å². The third-order valence-electron chi connectivity index (χ3n) is 3.05. The van der Waals surface area contributed by atoms with Crippen LogP contribution in [0, 0.1) is 0 Å². The average Bonchev–Trinajstić information content (AvgIpc) is 3.03. The molecule has 0 amide bonds. The van der Waals surface area contributed by atoms with Crippen LogP contribution >= 0.6 is 11.6 Å². The second-order valence-electron chi connectivity index (χ2n) is 4.46. The lowest BCUT2D eigenvalue weighted by Gasteiger charge is -2.06. The summed E-state index contributed by atoms with van der Waals surface area (Å²) in [5, 5.41) is 4.96. The highest BCUT2D eigenvalue weighted by Gasteiger charge is 2.30. The van der Waals surface area contributed by atoms with Crippen molar-refractivity contribution < 1.29 is 8.42 Å². The van der Waals surface area contributed by atoms with Crippen LogP contribution in [0.5, 0.6) is 0 Å². The van der Waals surface area contributed by atoms with Crippen molar-refractivity contribution in [2.24, 2.45) is 0 Å². The summed E-state index contributed by atoms with van der Waals surface area (Å²) in [6.07, 6.45) is 2.37. The zero-order valence-electron chi connectivity index (χ0n) is 9.11. The highest BCUT2D eigenvalue weighted by atomic mass is 35.5. The summed E-state index contributed by atoms with van der Waals surface area (Å²) in [4.78, 5) is 0.259. The number of halogens is 1. The van der Waals surface area contributed by atoms with Crippen LogP contribution in [0.15, 0.2) is 28.5 Å². The van der Waals surface area contributed by atoms with Crippen LogP contribution in [-0.2, 0) is 9.84 Å². The number of hydrogen-bond donors (Lipinski definition) is 1. The normalized spacial score (nSPS) is 21.1. The van der Waals surface area contributed by atoms with Crippen LogP contribution in [0.3, 0.4) is 0 Å². The van der Waals surface area contributed by atoms with Gasteiger partial charge < -0.3 is 5.32 Å². The van der Waals surface area contributed by atoms with Crippen molar-refractivity contribution in [3.63, 3.8) is 0 Å². The topological polar surface area (TPSA) is 46.2 Å². The lowest BCUT2D eigenvalue weighted by atomic mass is 10.1. The molecule has 90 valence electrons. The Morgan fingerprint density at radius 2 is 2.12 bits per heavy atom. The van der Waals surface area contributed by atoms with E-state index in [1.54, 1.807) is 12.1 Å².